The number of carbonyl (C=O) groups is 1. The summed E-state index contributed by atoms with van der Waals surface area (Å²) in [5.74, 6) is 2.71. The Labute approximate surface area is 180 Å². The van der Waals surface area contributed by atoms with Crippen LogP contribution < -0.4 is 4.74 Å². The summed E-state index contributed by atoms with van der Waals surface area (Å²) in [6.45, 7) is 2.29. The van der Waals surface area contributed by atoms with Gasteiger partial charge in [-0.2, -0.15) is 0 Å². The molecule has 0 heterocycles. The molecule has 0 aliphatic carbocycles. The van der Waals surface area contributed by atoms with Crippen molar-refractivity contribution in [2.24, 2.45) is 0 Å². The third kappa shape index (κ3) is 9.73. The number of benzene rings is 2. The largest absolute Gasteiger partial charge is 0.513 e. The van der Waals surface area contributed by atoms with Crippen molar-refractivity contribution in [3.05, 3.63) is 69.8 Å². The number of ether oxygens (including phenoxy) is 5. The highest BCUT2D eigenvalue weighted by Crippen LogP contribution is 2.17. The van der Waals surface area contributed by atoms with Crippen molar-refractivity contribution in [2.45, 2.75) is 6.61 Å². The van der Waals surface area contributed by atoms with Gasteiger partial charge in [-0.25, -0.2) is 4.79 Å². The van der Waals surface area contributed by atoms with Crippen LogP contribution in [0.3, 0.4) is 0 Å². The molecule has 0 bridgehead atoms. The summed E-state index contributed by atoms with van der Waals surface area (Å²) in [6, 6.07) is 12.7. The summed E-state index contributed by atoms with van der Waals surface area (Å²) in [6.07, 6.45) is 4.39. The molecule has 0 atom stereocenters. The van der Waals surface area contributed by atoms with Crippen LogP contribution >= 0.6 is 0 Å². The van der Waals surface area contributed by atoms with Crippen LogP contribution in [0.1, 0.15) is 11.1 Å². The maximum absolute atomic E-state index is 11.5. The standard InChI is InChI=1S/C22H23NO8/c1-2-18-3-5-19(6-4-18)17-29-14-13-27-11-12-28-15-16-30-22(24)31-21-9-7-20(8-10-21)23(25)26/h1,3-10H,11-17H2. The van der Waals surface area contributed by atoms with Gasteiger partial charge in [-0.05, 0) is 29.8 Å². The first kappa shape index (κ1) is 23.8. The molecule has 0 amide bonds. The number of rotatable bonds is 13. The fourth-order valence-corrected chi connectivity index (χ4v) is 2.27. The van der Waals surface area contributed by atoms with Gasteiger partial charge in [-0.1, -0.05) is 18.1 Å². The maximum atomic E-state index is 11.5. The zero-order valence-electron chi connectivity index (χ0n) is 16.9. The molecular weight excluding hydrogens is 406 g/mol. The monoisotopic (exact) mass is 429 g/mol. The SMILES string of the molecule is C#Cc1ccc(COCCOCCOCCOC(=O)Oc2ccc([N+](=O)[O-])cc2)cc1. The topological polar surface area (TPSA) is 106 Å². The fourth-order valence-electron chi connectivity index (χ4n) is 2.27. The van der Waals surface area contributed by atoms with Crippen LogP contribution in [0, 0.1) is 22.5 Å². The van der Waals surface area contributed by atoms with Gasteiger partial charge < -0.3 is 23.7 Å². The van der Waals surface area contributed by atoms with Crippen LogP contribution in [0.15, 0.2) is 48.5 Å². The first-order valence-electron chi connectivity index (χ1n) is 9.46. The van der Waals surface area contributed by atoms with Crippen molar-refractivity contribution in [1.29, 1.82) is 0 Å². The Kier molecular flexibility index (Phi) is 10.5. The highest BCUT2D eigenvalue weighted by molar-refractivity contribution is 5.63. The highest BCUT2D eigenvalue weighted by atomic mass is 16.7. The highest BCUT2D eigenvalue weighted by Gasteiger charge is 2.09. The summed E-state index contributed by atoms with van der Waals surface area (Å²) in [5.41, 5.74) is 1.77. The average molecular weight is 429 g/mol. The maximum Gasteiger partial charge on any atom is 0.513 e. The van der Waals surface area contributed by atoms with E-state index in [-0.39, 0.29) is 24.7 Å². The van der Waals surface area contributed by atoms with Crippen molar-refractivity contribution in [3.8, 4) is 18.1 Å². The second-order valence-electron chi connectivity index (χ2n) is 6.07. The molecule has 0 saturated heterocycles. The molecule has 2 aromatic rings. The Hall–Kier alpha value is -3.45. The minimum absolute atomic E-state index is 0.00733. The van der Waals surface area contributed by atoms with Gasteiger partial charge in [0.25, 0.3) is 5.69 Å². The fraction of sp³-hybridized carbons (Fsp3) is 0.318. The van der Waals surface area contributed by atoms with E-state index in [0.717, 1.165) is 11.1 Å². The Morgan fingerprint density at radius 1 is 0.871 bits per heavy atom. The predicted octanol–water partition coefficient (Wildman–Crippen LogP) is 3.34. The van der Waals surface area contributed by atoms with E-state index in [4.69, 9.17) is 30.1 Å². The molecule has 0 aliphatic rings. The summed E-state index contributed by atoms with van der Waals surface area (Å²) in [4.78, 5) is 21.5. The van der Waals surface area contributed by atoms with Crippen molar-refractivity contribution in [1.82, 2.24) is 0 Å². The molecule has 31 heavy (non-hydrogen) atoms. The number of nitro benzene ring substituents is 1. The van der Waals surface area contributed by atoms with E-state index < -0.39 is 11.1 Å². The molecule has 164 valence electrons. The van der Waals surface area contributed by atoms with Gasteiger partial charge in [0.1, 0.15) is 12.4 Å². The number of carbonyl (C=O) groups excluding carboxylic acids is 1. The van der Waals surface area contributed by atoms with Gasteiger partial charge in [0, 0.05) is 17.7 Å². The van der Waals surface area contributed by atoms with Crippen LogP contribution in [-0.2, 0) is 25.6 Å². The number of nitro groups is 1. The van der Waals surface area contributed by atoms with Crippen molar-refractivity contribution in [3.63, 3.8) is 0 Å². The summed E-state index contributed by atoms with van der Waals surface area (Å²) in [5, 5.41) is 10.6. The number of hydrogen-bond donors (Lipinski definition) is 0. The minimum atomic E-state index is -0.917. The third-order valence-electron chi connectivity index (χ3n) is 3.83. The van der Waals surface area contributed by atoms with Gasteiger partial charge in [0.05, 0.1) is 44.6 Å². The third-order valence-corrected chi connectivity index (χ3v) is 3.83. The molecule has 0 spiro atoms. The lowest BCUT2D eigenvalue weighted by Crippen LogP contribution is -2.16. The summed E-state index contributed by atoms with van der Waals surface area (Å²) >= 11 is 0. The molecule has 0 aromatic heterocycles. The van der Waals surface area contributed by atoms with E-state index in [1.165, 1.54) is 24.3 Å². The van der Waals surface area contributed by atoms with Gasteiger partial charge in [0.15, 0.2) is 0 Å². The molecule has 0 unspecified atom stereocenters. The molecule has 2 aromatic carbocycles. The van der Waals surface area contributed by atoms with Crippen LogP contribution in [0.5, 0.6) is 5.75 Å². The normalized spacial score (nSPS) is 10.3. The predicted molar refractivity (Wildman–Crippen MR) is 111 cm³/mol. The molecule has 0 N–H and O–H groups in total. The molecule has 0 aliphatic heterocycles. The van der Waals surface area contributed by atoms with Crippen LogP contribution in [0.2, 0.25) is 0 Å². The van der Waals surface area contributed by atoms with Crippen molar-refractivity contribution in [2.75, 3.05) is 39.6 Å². The molecule has 9 heteroatoms. The lowest BCUT2D eigenvalue weighted by atomic mass is 10.1. The number of terminal acetylenes is 1. The molecular formula is C22H23NO8. The Bertz CT molecular complexity index is 859. The molecule has 2 rings (SSSR count). The zero-order chi connectivity index (χ0) is 22.3. The zero-order valence-corrected chi connectivity index (χ0v) is 16.9. The number of non-ortho nitro benzene ring substituents is 1. The van der Waals surface area contributed by atoms with E-state index in [9.17, 15) is 14.9 Å². The smallest absolute Gasteiger partial charge is 0.432 e. The number of nitrogens with zero attached hydrogens (tertiary/aromatic N) is 1. The Morgan fingerprint density at radius 2 is 1.45 bits per heavy atom. The lowest BCUT2D eigenvalue weighted by molar-refractivity contribution is -0.384. The summed E-state index contributed by atoms with van der Waals surface area (Å²) < 4.78 is 25.9. The van der Waals surface area contributed by atoms with Gasteiger partial charge in [-0.15, -0.1) is 6.42 Å². The van der Waals surface area contributed by atoms with E-state index in [1.807, 2.05) is 24.3 Å². The first-order chi connectivity index (χ1) is 15.1. The van der Waals surface area contributed by atoms with E-state index in [1.54, 1.807) is 0 Å². The average Bonchev–Trinajstić information content (AvgIpc) is 2.78. The lowest BCUT2D eigenvalue weighted by Gasteiger charge is -2.08. The van der Waals surface area contributed by atoms with Crippen molar-refractivity contribution < 1.29 is 33.4 Å². The second kappa shape index (κ2) is 13.7. The van der Waals surface area contributed by atoms with E-state index in [2.05, 4.69) is 5.92 Å². The van der Waals surface area contributed by atoms with Gasteiger partial charge in [0.2, 0.25) is 0 Å². The van der Waals surface area contributed by atoms with Crippen molar-refractivity contribution >= 4 is 11.8 Å². The van der Waals surface area contributed by atoms with E-state index in [0.29, 0.717) is 33.0 Å². The minimum Gasteiger partial charge on any atom is -0.432 e. The molecule has 0 fully saturated rings. The molecule has 9 nitrogen and oxygen atoms in total. The van der Waals surface area contributed by atoms with Crippen LogP contribution in [-0.4, -0.2) is 50.7 Å². The van der Waals surface area contributed by atoms with Crippen LogP contribution in [0.25, 0.3) is 0 Å². The Morgan fingerprint density at radius 3 is 2.03 bits per heavy atom. The van der Waals surface area contributed by atoms with E-state index >= 15 is 0 Å². The molecule has 0 saturated carbocycles. The molecule has 0 radical (unpaired) electrons. The number of hydrogen-bond acceptors (Lipinski definition) is 8. The Balaban J connectivity index is 1.41. The van der Waals surface area contributed by atoms with Gasteiger partial charge >= 0.3 is 6.16 Å². The van der Waals surface area contributed by atoms with Crippen LogP contribution in [0.4, 0.5) is 10.5 Å². The quantitative estimate of drug-likeness (QED) is 0.119. The van der Waals surface area contributed by atoms with Gasteiger partial charge in [-0.3, -0.25) is 10.1 Å². The summed E-state index contributed by atoms with van der Waals surface area (Å²) in [7, 11) is 0. The first-order valence-corrected chi connectivity index (χ1v) is 9.46. The second-order valence-corrected chi connectivity index (χ2v) is 6.07.